The first kappa shape index (κ1) is 15.3. The van der Waals surface area contributed by atoms with Gasteiger partial charge in [-0.2, -0.15) is 0 Å². The Morgan fingerprint density at radius 2 is 1.58 bits per heavy atom. The minimum atomic E-state index is -2.89. The summed E-state index contributed by atoms with van der Waals surface area (Å²) in [5.74, 6) is 1.79. The molecule has 2 aliphatic rings. The van der Waals surface area contributed by atoms with Crippen LogP contribution in [0, 0.1) is 11.8 Å². The molecule has 2 fully saturated rings. The van der Waals surface area contributed by atoms with Gasteiger partial charge in [0.1, 0.15) is 0 Å². The minimum absolute atomic E-state index is 0.173. The Balaban J connectivity index is 1.88. The summed E-state index contributed by atoms with van der Waals surface area (Å²) >= 11 is 0. The smallest absolute Gasteiger partial charge is 0.152 e. The average molecular weight is 287 g/mol. The third-order valence-electron chi connectivity index (χ3n) is 4.99. The lowest BCUT2D eigenvalue weighted by molar-refractivity contribution is 0.292. The van der Waals surface area contributed by atoms with Crippen LogP contribution in [-0.4, -0.2) is 33.0 Å². The summed E-state index contributed by atoms with van der Waals surface area (Å²) in [6.45, 7) is 0. The lowest BCUT2D eigenvalue weighted by atomic mass is 9.84. The van der Waals surface area contributed by atoms with Crippen molar-refractivity contribution in [2.24, 2.45) is 11.8 Å². The summed E-state index contributed by atoms with van der Waals surface area (Å²) in [5.41, 5.74) is 0. The van der Waals surface area contributed by atoms with Crippen LogP contribution in [0.4, 0.5) is 0 Å². The summed E-state index contributed by atoms with van der Waals surface area (Å²) in [6.07, 6.45) is 10.9. The highest BCUT2D eigenvalue weighted by Gasteiger charge is 2.29. The normalized spacial score (nSPS) is 24.7. The topological polar surface area (TPSA) is 46.2 Å². The fourth-order valence-corrected chi connectivity index (χ4v) is 6.04. The van der Waals surface area contributed by atoms with E-state index in [-0.39, 0.29) is 6.04 Å². The van der Waals surface area contributed by atoms with Crippen molar-refractivity contribution in [3.63, 3.8) is 0 Å². The molecule has 19 heavy (non-hydrogen) atoms. The van der Waals surface area contributed by atoms with Crippen LogP contribution in [-0.2, 0) is 9.84 Å². The van der Waals surface area contributed by atoms with Crippen molar-refractivity contribution in [3.8, 4) is 0 Å². The third kappa shape index (κ3) is 4.75. The van der Waals surface area contributed by atoms with E-state index in [1.165, 1.54) is 44.9 Å². The van der Waals surface area contributed by atoms with Crippen LogP contribution in [0.3, 0.4) is 0 Å². The molecule has 0 aromatic rings. The van der Waals surface area contributed by atoms with Crippen molar-refractivity contribution >= 4 is 9.84 Å². The number of nitrogens with one attached hydrogen (secondary N) is 1. The average Bonchev–Trinajstić information content (AvgIpc) is 2.89. The van der Waals surface area contributed by atoms with Gasteiger partial charge in [0.2, 0.25) is 0 Å². The Morgan fingerprint density at radius 1 is 1.00 bits per heavy atom. The zero-order valence-corrected chi connectivity index (χ0v) is 13.1. The molecular weight excluding hydrogens is 258 g/mol. The van der Waals surface area contributed by atoms with Gasteiger partial charge in [0, 0.05) is 6.04 Å². The predicted octanol–water partition coefficient (Wildman–Crippen LogP) is 2.76. The second kappa shape index (κ2) is 7.07. The molecule has 0 radical (unpaired) electrons. The monoisotopic (exact) mass is 287 g/mol. The van der Waals surface area contributed by atoms with Crippen LogP contribution < -0.4 is 5.32 Å². The lowest BCUT2D eigenvalue weighted by Crippen LogP contribution is -2.41. The molecular formula is C15H29NO2S. The molecule has 0 aromatic heterocycles. The Morgan fingerprint density at radius 3 is 2.16 bits per heavy atom. The summed E-state index contributed by atoms with van der Waals surface area (Å²) in [5, 5.41) is 3.27. The molecule has 1 unspecified atom stereocenters. The van der Waals surface area contributed by atoms with Crippen LogP contribution in [0.15, 0.2) is 0 Å². The van der Waals surface area contributed by atoms with Crippen molar-refractivity contribution in [2.45, 2.75) is 63.8 Å². The Kier molecular flexibility index (Phi) is 5.70. The van der Waals surface area contributed by atoms with Crippen LogP contribution in [0.2, 0.25) is 0 Å². The highest BCUT2D eigenvalue weighted by molar-refractivity contribution is 7.91. The molecule has 0 saturated heterocycles. The van der Waals surface area contributed by atoms with Gasteiger partial charge in [0.15, 0.2) is 9.84 Å². The Hall–Kier alpha value is -0.0900. The second-order valence-corrected chi connectivity index (χ2v) is 8.67. The van der Waals surface area contributed by atoms with Gasteiger partial charge in [-0.15, -0.1) is 0 Å². The van der Waals surface area contributed by atoms with E-state index in [0.717, 1.165) is 12.8 Å². The summed E-state index contributed by atoms with van der Waals surface area (Å²) in [6, 6.07) is 0.173. The molecule has 2 saturated carbocycles. The maximum Gasteiger partial charge on any atom is 0.152 e. The quantitative estimate of drug-likeness (QED) is 0.817. The number of hydrogen-bond donors (Lipinski definition) is 1. The predicted molar refractivity (Wildman–Crippen MR) is 80.0 cm³/mol. The van der Waals surface area contributed by atoms with Crippen molar-refractivity contribution in [2.75, 3.05) is 18.6 Å². The fraction of sp³-hybridized carbons (Fsp3) is 1.00. The van der Waals surface area contributed by atoms with Gasteiger partial charge in [-0.1, -0.05) is 32.1 Å². The van der Waals surface area contributed by atoms with Crippen molar-refractivity contribution in [1.29, 1.82) is 0 Å². The van der Waals surface area contributed by atoms with E-state index in [1.807, 2.05) is 7.05 Å². The van der Waals surface area contributed by atoms with E-state index in [1.54, 1.807) is 0 Å². The molecule has 0 aliphatic heterocycles. The standard InChI is InChI=1S/C15H29NO2S/c1-16-15(14-9-3-2-4-10-14)12-19(17,18)11-13-7-5-6-8-13/h13-16H,2-12H2,1H3. The van der Waals surface area contributed by atoms with Crippen molar-refractivity contribution in [1.82, 2.24) is 5.32 Å². The first-order valence-corrected chi connectivity index (χ1v) is 9.80. The maximum absolute atomic E-state index is 12.4. The Labute approximate surface area is 118 Å². The maximum atomic E-state index is 12.4. The zero-order chi connectivity index (χ0) is 13.7. The number of sulfone groups is 1. The van der Waals surface area contributed by atoms with E-state index in [9.17, 15) is 8.42 Å². The SMILES string of the molecule is CNC(CS(=O)(=O)CC1CCCC1)C1CCCCC1. The van der Waals surface area contributed by atoms with E-state index < -0.39 is 9.84 Å². The molecule has 2 aliphatic carbocycles. The van der Waals surface area contributed by atoms with Crippen molar-refractivity contribution in [3.05, 3.63) is 0 Å². The molecule has 0 spiro atoms. The van der Waals surface area contributed by atoms with Crippen molar-refractivity contribution < 1.29 is 8.42 Å². The number of hydrogen-bond acceptors (Lipinski definition) is 3. The molecule has 2 rings (SSSR count). The molecule has 0 aromatic carbocycles. The first-order chi connectivity index (χ1) is 9.11. The van der Waals surface area contributed by atoms with Crippen LogP contribution in [0.25, 0.3) is 0 Å². The summed E-state index contributed by atoms with van der Waals surface area (Å²) in [7, 11) is -0.967. The van der Waals surface area contributed by atoms with Gasteiger partial charge >= 0.3 is 0 Å². The fourth-order valence-electron chi connectivity index (χ4n) is 3.87. The van der Waals surface area contributed by atoms with Gasteiger partial charge < -0.3 is 5.32 Å². The van der Waals surface area contributed by atoms with Crippen LogP contribution in [0.1, 0.15) is 57.8 Å². The van der Waals surface area contributed by atoms with Gasteiger partial charge in [0.05, 0.1) is 11.5 Å². The Bertz CT molecular complexity index is 354. The molecule has 4 heteroatoms. The van der Waals surface area contributed by atoms with Gasteiger partial charge in [0.25, 0.3) is 0 Å². The molecule has 112 valence electrons. The summed E-state index contributed by atoms with van der Waals surface area (Å²) < 4.78 is 24.7. The number of rotatable bonds is 6. The highest BCUT2D eigenvalue weighted by atomic mass is 32.2. The molecule has 0 amide bonds. The largest absolute Gasteiger partial charge is 0.316 e. The molecule has 1 atom stereocenters. The zero-order valence-electron chi connectivity index (χ0n) is 12.2. The van der Waals surface area contributed by atoms with Gasteiger partial charge in [-0.25, -0.2) is 8.42 Å². The molecule has 0 heterocycles. The minimum Gasteiger partial charge on any atom is -0.316 e. The lowest BCUT2D eigenvalue weighted by Gasteiger charge is -2.30. The van der Waals surface area contributed by atoms with Crippen LogP contribution >= 0.6 is 0 Å². The van der Waals surface area contributed by atoms with Gasteiger partial charge in [-0.3, -0.25) is 0 Å². The molecule has 3 nitrogen and oxygen atoms in total. The first-order valence-electron chi connectivity index (χ1n) is 7.98. The summed E-state index contributed by atoms with van der Waals surface area (Å²) in [4.78, 5) is 0. The highest BCUT2D eigenvalue weighted by Crippen LogP contribution is 2.29. The molecule has 0 bridgehead atoms. The van der Waals surface area contributed by atoms with E-state index in [0.29, 0.717) is 23.3 Å². The third-order valence-corrected chi connectivity index (χ3v) is 6.83. The van der Waals surface area contributed by atoms with Gasteiger partial charge in [-0.05, 0) is 44.6 Å². The van der Waals surface area contributed by atoms with E-state index in [2.05, 4.69) is 5.32 Å². The molecule has 1 N–H and O–H groups in total. The second-order valence-electron chi connectivity index (χ2n) is 6.52. The van der Waals surface area contributed by atoms with Crippen LogP contribution in [0.5, 0.6) is 0 Å². The van der Waals surface area contributed by atoms with E-state index in [4.69, 9.17) is 0 Å². The van der Waals surface area contributed by atoms with E-state index >= 15 is 0 Å².